The van der Waals surface area contributed by atoms with Crippen LogP contribution in [0, 0.1) is 0 Å². The number of unbranched alkanes of at least 4 members (excludes halogenated alkanes) is 2. The lowest BCUT2D eigenvalue weighted by Gasteiger charge is -2.07. The van der Waals surface area contributed by atoms with Gasteiger partial charge >= 0.3 is 0 Å². The number of ether oxygens (including phenoxy) is 1. The van der Waals surface area contributed by atoms with E-state index in [1.54, 1.807) is 0 Å². The second-order valence-electron chi connectivity index (χ2n) is 3.45. The third-order valence-electron chi connectivity index (χ3n) is 2.08. The molecular weight excluding hydrogens is 188 g/mol. The van der Waals surface area contributed by atoms with Crippen molar-refractivity contribution in [2.45, 2.75) is 33.1 Å². The quantitative estimate of drug-likeness (QED) is 0.699. The Morgan fingerprint density at radius 3 is 2.87 bits per heavy atom. The van der Waals surface area contributed by atoms with Gasteiger partial charge in [0.25, 0.3) is 0 Å². The van der Waals surface area contributed by atoms with Gasteiger partial charge in [0.2, 0.25) is 5.88 Å². The molecular formula is C12H20N2O. The van der Waals surface area contributed by atoms with Crippen molar-refractivity contribution in [2.75, 3.05) is 18.5 Å². The van der Waals surface area contributed by atoms with Gasteiger partial charge in [-0.15, -0.1) is 0 Å². The molecule has 0 atom stereocenters. The molecule has 0 spiro atoms. The van der Waals surface area contributed by atoms with Crippen molar-refractivity contribution in [3.05, 3.63) is 18.2 Å². The third-order valence-corrected chi connectivity index (χ3v) is 2.08. The van der Waals surface area contributed by atoms with Crippen LogP contribution in [0.2, 0.25) is 0 Å². The number of nitrogens with zero attached hydrogens (tertiary/aromatic N) is 1. The van der Waals surface area contributed by atoms with E-state index < -0.39 is 0 Å². The fraction of sp³-hybridized carbons (Fsp3) is 0.583. The summed E-state index contributed by atoms with van der Waals surface area (Å²) < 4.78 is 5.54. The minimum absolute atomic E-state index is 0.713. The summed E-state index contributed by atoms with van der Waals surface area (Å²) in [6.45, 7) is 5.88. The second kappa shape index (κ2) is 7.10. The van der Waals surface area contributed by atoms with Crippen LogP contribution in [0.1, 0.15) is 33.1 Å². The van der Waals surface area contributed by atoms with Crippen LogP contribution < -0.4 is 10.1 Å². The summed E-state index contributed by atoms with van der Waals surface area (Å²) in [5, 5.41) is 3.16. The van der Waals surface area contributed by atoms with Gasteiger partial charge in [-0.2, -0.15) is 4.98 Å². The van der Waals surface area contributed by atoms with Crippen LogP contribution >= 0.6 is 0 Å². The number of rotatable bonds is 7. The highest BCUT2D eigenvalue weighted by Crippen LogP contribution is 2.11. The number of aromatic nitrogens is 1. The van der Waals surface area contributed by atoms with Crippen LogP contribution in [0.5, 0.6) is 5.88 Å². The van der Waals surface area contributed by atoms with Gasteiger partial charge in [-0.25, -0.2) is 0 Å². The van der Waals surface area contributed by atoms with Crippen LogP contribution in [-0.2, 0) is 0 Å². The lowest BCUT2D eigenvalue weighted by molar-refractivity contribution is 0.295. The van der Waals surface area contributed by atoms with E-state index in [0.29, 0.717) is 5.88 Å². The number of hydrogen-bond donors (Lipinski definition) is 1. The molecule has 0 bridgehead atoms. The van der Waals surface area contributed by atoms with Crippen molar-refractivity contribution < 1.29 is 4.74 Å². The average Bonchev–Trinajstić information content (AvgIpc) is 2.26. The molecule has 0 unspecified atom stereocenters. The normalized spacial score (nSPS) is 10.0. The Morgan fingerprint density at radius 1 is 1.27 bits per heavy atom. The predicted molar refractivity (Wildman–Crippen MR) is 63.4 cm³/mol. The van der Waals surface area contributed by atoms with Crippen molar-refractivity contribution in [3.63, 3.8) is 0 Å². The van der Waals surface area contributed by atoms with Crippen molar-refractivity contribution in [1.29, 1.82) is 0 Å². The minimum Gasteiger partial charge on any atom is -0.478 e. The first-order valence-electron chi connectivity index (χ1n) is 5.70. The van der Waals surface area contributed by atoms with Crippen molar-refractivity contribution in [1.82, 2.24) is 4.98 Å². The molecule has 0 aliphatic rings. The lowest BCUT2D eigenvalue weighted by atomic mass is 10.3. The Balaban J connectivity index is 2.36. The van der Waals surface area contributed by atoms with E-state index in [1.165, 1.54) is 12.8 Å². The van der Waals surface area contributed by atoms with Gasteiger partial charge in [-0.1, -0.05) is 25.8 Å². The fourth-order valence-electron chi connectivity index (χ4n) is 1.30. The van der Waals surface area contributed by atoms with E-state index in [0.717, 1.165) is 25.4 Å². The molecule has 0 fully saturated rings. The molecule has 0 amide bonds. The van der Waals surface area contributed by atoms with Crippen LogP contribution in [-0.4, -0.2) is 18.1 Å². The van der Waals surface area contributed by atoms with E-state index >= 15 is 0 Å². The molecule has 0 aromatic carbocycles. The number of anilines is 1. The van der Waals surface area contributed by atoms with E-state index in [9.17, 15) is 0 Å². The molecule has 0 saturated heterocycles. The molecule has 0 aliphatic carbocycles. The van der Waals surface area contributed by atoms with E-state index in [2.05, 4.69) is 24.1 Å². The number of pyridine rings is 1. The summed E-state index contributed by atoms with van der Waals surface area (Å²) in [7, 11) is 0. The Morgan fingerprint density at radius 2 is 2.13 bits per heavy atom. The molecule has 1 heterocycles. The van der Waals surface area contributed by atoms with Crippen molar-refractivity contribution in [3.8, 4) is 5.88 Å². The highest BCUT2D eigenvalue weighted by molar-refractivity contribution is 5.36. The zero-order valence-electron chi connectivity index (χ0n) is 9.62. The molecule has 15 heavy (non-hydrogen) atoms. The number of nitrogens with one attached hydrogen (secondary N) is 1. The zero-order chi connectivity index (χ0) is 10.9. The van der Waals surface area contributed by atoms with Crippen molar-refractivity contribution >= 4 is 5.82 Å². The van der Waals surface area contributed by atoms with Gasteiger partial charge in [0.05, 0.1) is 6.61 Å². The molecule has 1 aromatic rings. The van der Waals surface area contributed by atoms with Crippen LogP contribution in [0.15, 0.2) is 18.2 Å². The second-order valence-corrected chi connectivity index (χ2v) is 3.45. The summed E-state index contributed by atoms with van der Waals surface area (Å²) in [6, 6.07) is 5.80. The van der Waals surface area contributed by atoms with E-state index in [-0.39, 0.29) is 0 Å². The van der Waals surface area contributed by atoms with Crippen LogP contribution in [0.4, 0.5) is 5.82 Å². The SMILES string of the molecule is CCCCCOc1cccc(NCC)n1. The molecule has 1 N–H and O–H groups in total. The molecule has 0 saturated carbocycles. The Bertz CT molecular complexity index is 276. The maximum absolute atomic E-state index is 5.54. The monoisotopic (exact) mass is 208 g/mol. The number of hydrogen-bond acceptors (Lipinski definition) is 3. The topological polar surface area (TPSA) is 34.1 Å². The van der Waals surface area contributed by atoms with E-state index in [4.69, 9.17) is 4.74 Å². The van der Waals surface area contributed by atoms with Gasteiger partial charge < -0.3 is 10.1 Å². The first kappa shape index (κ1) is 11.8. The highest BCUT2D eigenvalue weighted by atomic mass is 16.5. The fourth-order valence-corrected chi connectivity index (χ4v) is 1.30. The molecule has 3 heteroatoms. The van der Waals surface area contributed by atoms with Gasteiger partial charge in [-0.05, 0) is 19.4 Å². The lowest BCUT2D eigenvalue weighted by Crippen LogP contribution is -2.02. The summed E-state index contributed by atoms with van der Waals surface area (Å²) in [5.41, 5.74) is 0. The third kappa shape index (κ3) is 4.68. The largest absolute Gasteiger partial charge is 0.478 e. The summed E-state index contributed by atoms with van der Waals surface area (Å²) >= 11 is 0. The molecule has 0 radical (unpaired) electrons. The molecule has 1 rings (SSSR count). The summed E-state index contributed by atoms with van der Waals surface area (Å²) in [5.74, 6) is 1.59. The maximum Gasteiger partial charge on any atom is 0.215 e. The van der Waals surface area contributed by atoms with E-state index in [1.807, 2.05) is 18.2 Å². The van der Waals surface area contributed by atoms with Gasteiger partial charge in [0, 0.05) is 12.6 Å². The van der Waals surface area contributed by atoms with Crippen molar-refractivity contribution in [2.24, 2.45) is 0 Å². The molecule has 84 valence electrons. The summed E-state index contributed by atoms with van der Waals surface area (Å²) in [6.07, 6.45) is 3.53. The van der Waals surface area contributed by atoms with Gasteiger partial charge in [0.1, 0.15) is 5.82 Å². The van der Waals surface area contributed by atoms with Crippen LogP contribution in [0.25, 0.3) is 0 Å². The first-order valence-corrected chi connectivity index (χ1v) is 5.70. The molecule has 0 aliphatic heterocycles. The Hall–Kier alpha value is -1.25. The summed E-state index contributed by atoms with van der Waals surface area (Å²) in [4.78, 5) is 4.33. The highest BCUT2D eigenvalue weighted by Gasteiger charge is 1.96. The van der Waals surface area contributed by atoms with Gasteiger partial charge in [-0.3, -0.25) is 0 Å². The maximum atomic E-state index is 5.54. The minimum atomic E-state index is 0.713. The zero-order valence-corrected chi connectivity index (χ0v) is 9.62. The Kier molecular flexibility index (Phi) is 5.59. The predicted octanol–water partition coefficient (Wildman–Crippen LogP) is 3.08. The Labute approximate surface area is 91.9 Å². The standard InChI is InChI=1S/C12H20N2O/c1-3-5-6-10-15-12-9-7-8-11(14-12)13-4-2/h7-9H,3-6,10H2,1-2H3,(H,13,14). The smallest absolute Gasteiger partial charge is 0.215 e. The molecule has 3 nitrogen and oxygen atoms in total. The van der Waals surface area contributed by atoms with Crippen LogP contribution in [0.3, 0.4) is 0 Å². The first-order chi connectivity index (χ1) is 7.36. The average molecular weight is 208 g/mol. The van der Waals surface area contributed by atoms with Gasteiger partial charge in [0.15, 0.2) is 0 Å². The molecule has 1 aromatic heterocycles.